The van der Waals surface area contributed by atoms with Crippen molar-refractivity contribution in [3.63, 3.8) is 0 Å². The standard InChI is InChI=1S/C29H30N2O7S/c1-18-4-9-23-21(16-18)6-5-20-8-11-26(38-39(33,34)35)30-28(20)27(23)19-12-14-31(15-13-19)29(32)22-7-10-24(36-2)25(17-22)37-3/h4,7-11,16-17H,5-6,12-15H2,1-3H3,(H,33,34,35). The van der Waals surface area contributed by atoms with Crippen LogP contribution in [0.1, 0.15) is 51.1 Å². The molecule has 0 radical (unpaired) electrons. The van der Waals surface area contributed by atoms with Crippen molar-refractivity contribution in [1.82, 2.24) is 9.88 Å². The molecule has 1 fully saturated rings. The molecule has 1 amide bonds. The van der Waals surface area contributed by atoms with Gasteiger partial charge >= 0.3 is 10.4 Å². The summed E-state index contributed by atoms with van der Waals surface area (Å²) in [5.74, 6) is 0.787. The van der Waals surface area contributed by atoms with Gasteiger partial charge in [-0.15, -0.1) is 0 Å². The molecule has 39 heavy (non-hydrogen) atoms. The van der Waals surface area contributed by atoms with Gasteiger partial charge in [-0.05, 0) is 67.5 Å². The Morgan fingerprint density at radius 3 is 2.31 bits per heavy atom. The minimum absolute atomic E-state index is 0.0840. The summed E-state index contributed by atoms with van der Waals surface area (Å²) < 4.78 is 47.3. The van der Waals surface area contributed by atoms with Gasteiger partial charge in [0, 0.05) is 30.3 Å². The number of nitrogens with zero attached hydrogens (tertiary/aromatic N) is 2. The van der Waals surface area contributed by atoms with Crippen LogP contribution in [-0.2, 0) is 23.2 Å². The predicted molar refractivity (Wildman–Crippen MR) is 146 cm³/mol. The Kier molecular flexibility index (Phi) is 7.33. The third kappa shape index (κ3) is 5.62. The number of pyridine rings is 1. The number of aryl methyl sites for hydroxylation is 3. The molecule has 2 heterocycles. The van der Waals surface area contributed by atoms with E-state index in [0.717, 1.165) is 40.7 Å². The second-order valence-corrected chi connectivity index (χ2v) is 10.7. The van der Waals surface area contributed by atoms with Crippen LogP contribution in [0.25, 0.3) is 5.57 Å². The second kappa shape index (κ2) is 10.7. The zero-order valence-corrected chi connectivity index (χ0v) is 22.9. The first-order valence-electron chi connectivity index (χ1n) is 12.7. The van der Waals surface area contributed by atoms with Gasteiger partial charge in [0.2, 0.25) is 5.88 Å². The van der Waals surface area contributed by atoms with E-state index >= 15 is 0 Å². The minimum atomic E-state index is -4.71. The maximum Gasteiger partial charge on any atom is 0.447 e. The van der Waals surface area contributed by atoms with Crippen LogP contribution in [-0.4, -0.2) is 56.1 Å². The normalized spacial score (nSPS) is 15.2. The Bertz CT molecular complexity index is 1570. The third-order valence-electron chi connectivity index (χ3n) is 7.21. The number of likely N-dealkylation sites (tertiary alicyclic amines) is 1. The van der Waals surface area contributed by atoms with Crippen molar-refractivity contribution in [2.24, 2.45) is 0 Å². The summed E-state index contributed by atoms with van der Waals surface area (Å²) in [6, 6.07) is 14.7. The Morgan fingerprint density at radius 1 is 0.897 bits per heavy atom. The van der Waals surface area contributed by atoms with E-state index in [1.54, 1.807) is 31.4 Å². The van der Waals surface area contributed by atoms with Crippen LogP contribution in [0.4, 0.5) is 0 Å². The Labute approximate surface area is 228 Å². The summed E-state index contributed by atoms with van der Waals surface area (Å²) in [5.41, 5.74) is 7.61. The number of aromatic nitrogens is 1. The van der Waals surface area contributed by atoms with Gasteiger partial charge in [-0.1, -0.05) is 35.4 Å². The smallest absolute Gasteiger partial charge is 0.447 e. The Morgan fingerprint density at radius 2 is 1.62 bits per heavy atom. The molecule has 204 valence electrons. The van der Waals surface area contributed by atoms with E-state index in [2.05, 4.69) is 30.1 Å². The second-order valence-electron chi connectivity index (χ2n) is 9.67. The highest BCUT2D eigenvalue weighted by Gasteiger charge is 2.28. The topological polar surface area (TPSA) is 115 Å². The zero-order valence-electron chi connectivity index (χ0n) is 22.1. The molecule has 10 heteroatoms. The molecule has 9 nitrogen and oxygen atoms in total. The molecule has 0 bridgehead atoms. The van der Waals surface area contributed by atoms with Gasteiger partial charge in [-0.3, -0.25) is 9.35 Å². The fraction of sp³-hybridized carbons (Fsp3) is 0.310. The van der Waals surface area contributed by atoms with Crippen LogP contribution in [0, 0.1) is 6.92 Å². The van der Waals surface area contributed by atoms with E-state index in [-0.39, 0.29) is 11.8 Å². The van der Waals surface area contributed by atoms with Crippen molar-refractivity contribution in [1.29, 1.82) is 0 Å². The van der Waals surface area contributed by atoms with E-state index in [0.29, 0.717) is 48.7 Å². The summed E-state index contributed by atoms with van der Waals surface area (Å²) in [4.78, 5) is 19.7. The number of ether oxygens (including phenoxy) is 2. The molecule has 2 aliphatic rings. The average molecular weight is 551 g/mol. The number of hydrogen-bond acceptors (Lipinski definition) is 7. The van der Waals surface area contributed by atoms with Crippen molar-refractivity contribution in [2.45, 2.75) is 32.6 Å². The number of methoxy groups -OCH3 is 2. The SMILES string of the molecule is COc1ccc(C(=O)N2CCC(=C3c4ccc(C)cc4CCc4ccc(OS(=O)(=O)O)nc43)CC2)cc1OC. The molecular formula is C29H30N2O7S. The van der Waals surface area contributed by atoms with Crippen LogP contribution in [0.5, 0.6) is 17.4 Å². The van der Waals surface area contributed by atoms with E-state index in [9.17, 15) is 17.8 Å². The maximum absolute atomic E-state index is 13.3. The van der Waals surface area contributed by atoms with Crippen LogP contribution in [0.15, 0.2) is 54.1 Å². The van der Waals surface area contributed by atoms with Gasteiger partial charge < -0.3 is 18.6 Å². The molecular weight excluding hydrogens is 520 g/mol. The fourth-order valence-electron chi connectivity index (χ4n) is 5.35. The van der Waals surface area contributed by atoms with Gasteiger partial charge in [0.05, 0.1) is 19.9 Å². The monoisotopic (exact) mass is 550 g/mol. The average Bonchev–Trinajstić information content (AvgIpc) is 3.07. The van der Waals surface area contributed by atoms with Crippen LogP contribution in [0.3, 0.4) is 0 Å². The quantitative estimate of drug-likeness (QED) is 0.464. The number of carbonyl (C=O) groups excluding carboxylic acids is 1. The van der Waals surface area contributed by atoms with Crippen molar-refractivity contribution in [3.05, 3.63) is 87.6 Å². The highest BCUT2D eigenvalue weighted by atomic mass is 32.3. The highest BCUT2D eigenvalue weighted by molar-refractivity contribution is 7.81. The van der Waals surface area contributed by atoms with Crippen molar-refractivity contribution >= 4 is 21.9 Å². The molecule has 1 aliphatic heterocycles. The number of hydrogen-bond donors (Lipinski definition) is 1. The lowest BCUT2D eigenvalue weighted by molar-refractivity contribution is 0.0743. The predicted octanol–water partition coefficient (Wildman–Crippen LogP) is 4.43. The lowest BCUT2D eigenvalue weighted by Gasteiger charge is -2.30. The first-order chi connectivity index (χ1) is 18.7. The molecule has 1 N–H and O–H groups in total. The molecule has 3 aromatic rings. The Hall–Kier alpha value is -3.89. The van der Waals surface area contributed by atoms with Gasteiger partial charge in [0.15, 0.2) is 11.5 Å². The van der Waals surface area contributed by atoms with E-state index in [1.165, 1.54) is 18.7 Å². The molecule has 1 aromatic heterocycles. The highest BCUT2D eigenvalue weighted by Crippen LogP contribution is 2.39. The largest absolute Gasteiger partial charge is 0.493 e. The minimum Gasteiger partial charge on any atom is -0.493 e. The molecule has 1 saturated heterocycles. The maximum atomic E-state index is 13.3. The van der Waals surface area contributed by atoms with Crippen LogP contribution in [0.2, 0.25) is 0 Å². The molecule has 2 aromatic carbocycles. The number of fused-ring (bicyclic) bond motifs is 2. The summed E-state index contributed by atoms with van der Waals surface area (Å²) in [5, 5.41) is 0. The van der Waals surface area contributed by atoms with Gasteiger partial charge in [0.1, 0.15) is 0 Å². The first kappa shape index (κ1) is 26.7. The summed E-state index contributed by atoms with van der Waals surface area (Å²) in [6.07, 6.45) is 2.80. The van der Waals surface area contributed by atoms with E-state index < -0.39 is 10.4 Å². The summed E-state index contributed by atoms with van der Waals surface area (Å²) in [6.45, 7) is 3.09. The molecule has 0 saturated carbocycles. The molecule has 0 unspecified atom stereocenters. The number of benzene rings is 2. The lowest BCUT2D eigenvalue weighted by atomic mass is 9.88. The van der Waals surface area contributed by atoms with Crippen LogP contribution >= 0.6 is 0 Å². The van der Waals surface area contributed by atoms with Gasteiger partial charge in [0.25, 0.3) is 5.91 Å². The fourth-order valence-corrected chi connectivity index (χ4v) is 5.66. The molecule has 0 atom stereocenters. The lowest BCUT2D eigenvalue weighted by Crippen LogP contribution is -2.36. The number of rotatable bonds is 5. The van der Waals surface area contributed by atoms with Crippen LogP contribution < -0.4 is 13.7 Å². The van der Waals surface area contributed by atoms with Crippen molar-refractivity contribution in [3.8, 4) is 17.4 Å². The van der Waals surface area contributed by atoms with Crippen molar-refractivity contribution < 1.29 is 31.4 Å². The van der Waals surface area contributed by atoms with E-state index in [4.69, 9.17) is 13.7 Å². The third-order valence-corrected chi connectivity index (χ3v) is 7.59. The van der Waals surface area contributed by atoms with Gasteiger partial charge in [-0.2, -0.15) is 8.42 Å². The Balaban J connectivity index is 1.51. The first-order valence-corrected chi connectivity index (χ1v) is 14.0. The van der Waals surface area contributed by atoms with Gasteiger partial charge in [-0.25, -0.2) is 4.98 Å². The summed E-state index contributed by atoms with van der Waals surface area (Å²) >= 11 is 0. The molecule has 5 rings (SSSR count). The zero-order chi connectivity index (χ0) is 27.7. The van der Waals surface area contributed by atoms with E-state index in [1.807, 2.05) is 4.90 Å². The number of piperidine rings is 1. The number of amides is 1. The van der Waals surface area contributed by atoms with Crippen molar-refractivity contribution in [2.75, 3.05) is 27.3 Å². The molecule has 0 spiro atoms. The molecule has 1 aliphatic carbocycles. The number of carbonyl (C=O) groups is 1. The summed E-state index contributed by atoms with van der Waals surface area (Å²) in [7, 11) is -1.62.